The van der Waals surface area contributed by atoms with Crippen molar-refractivity contribution in [2.75, 3.05) is 23.1 Å². The van der Waals surface area contributed by atoms with Gasteiger partial charge < -0.3 is 20.7 Å². The first-order chi connectivity index (χ1) is 13.0. The Balaban J connectivity index is 1.52. The lowest BCUT2D eigenvalue weighted by Crippen LogP contribution is -2.20. The fourth-order valence-corrected chi connectivity index (χ4v) is 2.79. The van der Waals surface area contributed by atoms with Gasteiger partial charge in [-0.15, -0.1) is 0 Å². The molecule has 2 atom stereocenters. The lowest BCUT2D eigenvalue weighted by Gasteiger charge is -2.08. The SMILES string of the molecule is COc1cccc(NC(=O)C2CC2C(=O)Nc2ccc(NC(C)=O)cc2)c1. The first-order valence-corrected chi connectivity index (χ1v) is 8.59. The number of benzene rings is 2. The van der Waals surface area contributed by atoms with E-state index < -0.39 is 0 Å². The largest absolute Gasteiger partial charge is 0.497 e. The Labute approximate surface area is 157 Å². The third-order valence-corrected chi connectivity index (χ3v) is 4.27. The van der Waals surface area contributed by atoms with Crippen LogP contribution >= 0.6 is 0 Å². The van der Waals surface area contributed by atoms with E-state index in [1.165, 1.54) is 6.92 Å². The van der Waals surface area contributed by atoms with Gasteiger partial charge in [0.15, 0.2) is 0 Å². The first kappa shape index (κ1) is 18.4. The molecule has 27 heavy (non-hydrogen) atoms. The van der Waals surface area contributed by atoms with Gasteiger partial charge in [0.1, 0.15) is 5.75 Å². The number of amides is 3. The zero-order chi connectivity index (χ0) is 19.4. The van der Waals surface area contributed by atoms with E-state index >= 15 is 0 Å². The monoisotopic (exact) mass is 367 g/mol. The molecule has 1 saturated carbocycles. The number of nitrogens with one attached hydrogen (secondary N) is 3. The molecule has 1 aliphatic carbocycles. The maximum Gasteiger partial charge on any atom is 0.228 e. The quantitative estimate of drug-likeness (QED) is 0.731. The van der Waals surface area contributed by atoms with Crippen molar-refractivity contribution in [3.05, 3.63) is 48.5 Å². The predicted octanol–water partition coefficient (Wildman–Crippen LogP) is 2.87. The Hall–Kier alpha value is -3.35. The van der Waals surface area contributed by atoms with Crippen LogP contribution in [0.4, 0.5) is 17.1 Å². The molecule has 7 heteroatoms. The molecule has 0 radical (unpaired) electrons. The Morgan fingerprint density at radius 1 is 0.852 bits per heavy atom. The van der Waals surface area contributed by atoms with Crippen LogP contribution in [0.5, 0.6) is 5.75 Å². The van der Waals surface area contributed by atoms with Gasteiger partial charge in [0.25, 0.3) is 0 Å². The molecule has 1 aliphatic rings. The minimum Gasteiger partial charge on any atom is -0.497 e. The zero-order valence-corrected chi connectivity index (χ0v) is 15.1. The lowest BCUT2D eigenvalue weighted by atomic mass is 10.2. The van der Waals surface area contributed by atoms with Crippen LogP contribution in [0, 0.1) is 11.8 Å². The highest BCUT2D eigenvalue weighted by atomic mass is 16.5. The van der Waals surface area contributed by atoms with Crippen molar-refractivity contribution < 1.29 is 19.1 Å². The number of carbonyl (C=O) groups excluding carboxylic acids is 3. The van der Waals surface area contributed by atoms with Crippen LogP contribution in [0.2, 0.25) is 0 Å². The topological polar surface area (TPSA) is 96.5 Å². The van der Waals surface area contributed by atoms with Gasteiger partial charge in [-0.05, 0) is 42.8 Å². The third-order valence-electron chi connectivity index (χ3n) is 4.27. The molecular weight excluding hydrogens is 346 g/mol. The summed E-state index contributed by atoms with van der Waals surface area (Å²) in [4.78, 5) is 35.7. The van der Waals surface area contributed by atoms with Crippen molar-refractivity contribution in [2.45, 2.75) is 13.3 Å². The zero-order valence-electron chi connectivity index (χ0n) is 15.1. The molecular formula is C20H21N3O4. The molecule has 1 fully saturated rings. The molecule has 2 aromatic carbocycles. The van der Waals surface area contributed by atoms with E-state index in [0.29, 0.717) is 29.2 Å². The summed E-state index contributed by atoms with van der Waals surface area (Å²) in [5.74, 6) is -0.548. The second-order valence-electron chi connectivity index (χ2n) is 6.42. The molecule has 0 spiro atoms. The number of methoxy groups -OCH3 is 1. The molecule has 7 nitrogen and oxygen atoms in total. The van der Waals surface area contributed by atoms with Crippen molar-refractivity contribution in [1.82, 2.24) is 0 Å². The van der Waals surface area contributed by atoms with Crippen molar-refractivity contribution in [3.63, 3.8) is 0 Å². The third kappa shape index (κ3) is 4.84. The molecule has 3 N–H and O–H groups in total. The fraction of sp³-hybridized carbons (Fsp3) is 0.250. The van der Waals surface area contributed by atoms with Gasteiger partial charge in [-0.1, -0.05) is 6.07 Å². The van der Waals surface area contributed by atoms with Crippen molar-refractivity contribution in [1.29, 1.82) is 0 Å². The molecule has 0 aliphatic heterocycles. The first-order valence-electron chi connectivity index (χ1n) is 8.59. The van der Waals surface area contributed by atoms with Gasteiger partial charge in [0.05, 0.1) is 18.9 Å². The molecule has 0 heterocycles. The van der Waals surface area contributed by atoms with E-state index in [1.54, 1.807) is 55.6 Å². The minimum absolute atomic E-state index is 0.158. The minimum atomic E-state index is -0.342. The standard InChI is InChI=1S/C20H21N3O4/c1-12(24)21-13-6-8-14(9-7-13)22-19(25)17-11-18(17)20(26)23-15-4-3-5-16(10-15)27-2/h3-10,17-18H,11H2,1-2H3,(H,21,24)(H,22,25)(H,23,26). The maximum absolute atomic E-state index is 12.3. The van der Waals surface area contributed by atoms with Crippen LogP contribution in [-0.4, -0.2) is 24.8 Å². The second-order valence-corrected chi connectivity index (χ2v) is 6.42. The molecule has 0 bridgehead atoms. The van der Waals surface area contributed by atoms with Gasteiger partial charge in [0.2, 0.25) is 17.7 Å². The van der Waals surface area contributed by atoms with E-state index in [4.69, 9.17) is 4.74 Å². The number of rotatable bonds is 6. The lowest BCUT2D eigenvalue weighted by molar-refractivity contribution is -0.122. The molecule has 3 amide bonds. The van der Waals surface area contributed by atoms with E-state index in [-0.39, 0.29) is 29.6 Å². The van der Waals surface area contributed by atoms with Crippen molar-refractivity contribution >= 4 is 34.8 Å². The average Bonchev–Trinajstić information content (AvgIpc) is 3.44. The normalized spacial score (nSPS) is 17.6. The van der Waals surface area contributed by atoms with Gasteiger partial charge in [-0.3, -0.25) is 14.4 Å². The average molecular weight is 367 g/mol. The predicted molar refractivity (Wildman–Crippen MR) is 103 cm³/mol. The maximum atomic E-state index is 12.3. The summed E-state index contributed by atoms with van der Waals surface area (Å²) in [5.41, 5.74) is 1.91. The summed E-state index contributed by atoms with van der Waals surface area (Å²) in [7, 11) is 1.56. The van der Waals surface area contributed by atoms with Crippen molar-refractivity contribution in [2.24, 2.45) is 11.8 Å². The smallest absolute Gasteiger partial charge is 0.228 e. The summed E-state index contributed by atoms with van der Waals surface area (Å²) in [5, 5.41) is 8.27. The van der Waals surface area contributed by atoms with Crippen LogP contribution in [0.15, 0.2) is 48.5 Å². The number of carbonyl (C=O) groups is 3. The Kier molecular flexibility index (Phi) is 5.40. The van der Waals surface area contributed by atoms with Crippen LogP contribution in [-0.2, 0) is 14.4 Å². The molecule has 0 aromatic heterocycles. The van der Waals surface area contributed by atoms with Gasteiger partial charge >= 0.3 is 0 Å². The highest BCUT2D eigenvalue weighted by molar-refractivity contribution is 6.03. The summed E-state index contributed by atoms with van der Waals surface area (Å²) in [6.45, 7) is 1.43. The molecule has 2 unspecified atom stereocenters. The highest BCUT2D eigenvalue weighted by Crippen LogP contribution is 2.40. The van der Waals surface area contributed by atoms with E-state index in [2.05, 4.69) is 16.0 Å². The Morgan fingerprint density at radius 2 is 1.41 bits per heavy atom. The molecule has 3 rings (SSSR count). The number of hydrogen-bond acceptors (Lipinski definition) is 4. The van der Waals surface area contributed by atoms with Crippen LogP contribution in [0.3, 0.4) is 0 Å². The van der Waals surface area contributed by atoms with Crippen LogP contribution in [0.1, 0.15) is 13.3 Å². The summed E-state index contributed by atoms with van der Waals surface area (Å²) in [6, 6.07) is 13.9. The highest BCUT2D eigenvalue weighted by Gasteiger charge is 2.48. The number of ether oxygens (including phenoxy) is 1. The van der Waals surface area contributed by atoms with Gasteiger partial charge in [-0.2, -0.15) is 0 Å². The van der Waals surface area contributed by atoms with Crippen molar-refractivity contribution in [3.8, 4) is 5.75 Å². The Bertz CT molecular complexity index is 864. The fourth-order valence-electron chi connectivity index (χ4n) is 2.79. The van der Waals surface area contributed by atoms with Crippen LogP contribution in [0.25, 0.3) is 0 Å². The van der Waals surface area contributed by atoms with E-state index in [1.807, 2.05) is 0 Å². The summed E-state index contributed by atoms with van der Waals surface area (Å²) < 4.78 is 5.13. The summed E-state index contributed by atoms with van der Waals surface area (Å²) >= 11 is 0. The van der Waals surface area contributed by atoms with Gasteiger partial charge in [0, 0.05) is 30.1 Å². The van der Waals surface area contributed by atoms with Gasteiger partial charge in [-0.25, -0.2) is 0 Å². The molecule has 2 aromatic rings. The molecule has 140 valence electrons. The Morgan fingerprint density at radius 3 is 1.96 bits per heavy atom. The van der Waals surface area contributed by atoms with E-state index in [0.717, 1.165) is 0 Å². The van der Waals surface area contributed by atoms with E-state index in [9.17, 15) is 14.4 Å². The summed E-state index contributed by atoms with van der Waals surface area (Å²) in [6.07, 6.45) is 0.519. The van der Waals surface area contributed by atoms with Crippen LogP contribution < -0.4 is 20.7 Å². The number of hydrogen-bond donors (Lipinski definition) is 3. The molecule has 0 saturated heterocycles. The number of anilines is 3. The second kappa shape index (κ2) is 7.90.